The molecule has 0 unspecified atom stereocenters. The molecule has 3 N–H and O–H groups in total. The van der Waals surface area contributed by atoms with Gasteiger partial charge in [0.25, 0.3) is 5.69 Å². The van der Waals surface area contributed by atoms with E-state index in [2.05, 4.69) is 5.32 Å². The number of nitrogens with two attached hydrogens (primary N) is 1. The number of ketones is 1. The molecular weight excluding hydrogens is 433 g/mol. The lowest BCUT2D eigenvalue weighted by molar-refractivity contribution is -0.569. The van der Waals surface area contributed by atoms with Gasteiger partial charge < -0.3 is 27.6 Å². The van der Waals surface area contributed by atoms with Gasteiger partial charge in [-0.1, -0.05) is 29.3 Å². The predicted molar refractivity (Wildman–Crippen MR) is 93.2 cm³/mol. The molecule has 134 valence electrons. The van der Waals surface area contributed by atoms with E-state index in [1.807, 2.05) is 5.32 Å². The Hall–Kier alpha value is -1.51. The van der Waals surface area contributed by atoms with Crippen LogP contribution < -0.4 is 27.6 Å². The highest BCUT2D eigenvalue weighted by Crippen LogP contribution is 2.25. The molecule has 0 aliphatic rings. The van der Waals surface area contributed by atoms with E-state index in [1.54, 1.807) is 18.2 Å². The van der Waals surface area contributed by atoms with Crippen molar-refractivity contribution in [3.05, 3.63) is 68.2 Å². The number of halogens is 3. The van der Waals surface area contributed by atoms with Crippen molar-refractivity contribution in [3.63, 3.8) is 0 Å². The maximum Gasteiger partial charge on any atom is 0.269 e. The summed E-state index contributed by atoms with van der Waals surface area (Å²) in [7, 11) is 0. The Bertz CT molecular complexity index is 722. The lowest BCUT2D eigenvalue weighted by Gasteiger charge is -2.06. The molecule has 0 atom stereocenters. The van der Waals surface area contributed by atoms with Crippen molar-refractivity contribution in [1.29, 1.82) is 0 Å². The van der Waals surface area contributed by atoms with E-state index in [4.69, 9.17) is 23.2 Å². The first kappa shape index (κ1) is 21.5. The molecule has 0 saturated carbocycles. The van der Waals surface area contributed by atoms with Crippen LogP contribution in [0.2, 0.25) is 10.0 Å². The van der Waals surface area contributed by atoms with E-state index >= 15 is 0 Å². The summed E-state index contributed by atoms with van der Waals surface area (Å²) in [5.74, 6) is -0.124. The molecule has 6 nitrogen and oxygen atoms in total. The summed E-state index contributed by atoms with van der Waals surface area (Å²) in [6.45, 7) is 1.40. The Morgan fingerprint density at radius 3 is 2.28 bits per heavy atom. The minimum Gasteiger partial charge on any atom is -1.00 e. The van der Waals surface area contributed by atoms with Gasteiger partial charge in [-0.05, 0) is 24.3 Å². The van der Waals surface area contributed by atoms with Gasteiger partial charge in [-0.25, -0.2) is 0 Å². The van der Waals surface area contributed by atoms with Crippen LogP contribution in [-0.2, 0) is 0 Å². The first-order chi connectivity index (χ1) is 11.5. The third-order valence-corrected chi connectivity index (χ3v) is 4.01. The number of non-ortho nitro benzene ring substituents is 1. The molecule has 9 heteroatoms. The van der Waals surface area contributed by atoms with Crippen molar-refractivity contribution in [1.82, 2.24) is 5.32 Å². The van der Waals surface area contributed by atoms with Crippen LogP contribution in [0, 0.1) is 10.1 Å². The molecule has 2 aromatic rings. The molecule has 0 aliphatic carbocycles. The normalized spacial score (nSPS) is 10.2. The fourth-order valence-corrected chi connectivity index (χ4v) is 2.65. The third-order valence-electron chi connectivity index (χ3n) is 3.35. The van der Waals surface area contributed by atoms with E-state index in [9.17, 15) is 14.9 Å². The minimum atomic E-state index is -0.498. The second-order valence-corrected chi connectivity index (χ2v) is 5.85. The smallest absolute Gasteiger partial charge is 0.269 e. The summed E-state index contributed by atoms with van der Waals surface area (Å²) in [4.78, 5) is 22.1. The summed E-state index contributed by atoms with van der Waals surface area (Å²) in [6.07, 6.45) is 0. The molecule has 0 amide bonds. The van der Waals surface area contributed by atoms with Crippen molar-refractivity contribution < 1.29 is 32.0 Å². The molecule has 0 aromatic heterocycles. The van der Waals surface area contributed by atoms with Gasteiger partial charge in [0.2, 0.25) is 0 Å². The number of nitro benzene ring substituents is 1. The number of para-hydroxylation sites is 1. The Morgan fingerprint density at radius 2 is 1.72 bits per heavy atom. The van der Waals surface area contributed by atoms with Crippen molar-refractivity contribution in [2.24, 2.45) is 0 Å². The number of Topliss-reactive ketones (excluding diaryl/α,β-unsaturated/α-hetero) is 1. The van der Waals surface area contributed by atoms with Crippen LogP contribution in [0.15, 0.2) is 42.5 Å². The number of carbonyl (C=O) groups is 1. The van der Waals surface area contributed by atoms with Crippen LogP contribution in [0.5, 0.6) is 0 Å². The van der Waals surface area contributed by atoms with E-state index in [1.165, 1.54) is 24.3 Å². The average Bonchev–Trinajstić information content (AvgIpc) is 2.56. The van der Waals surface area contributed by atoms with Gasteiger partial charge in [0.15, 0.2) is 11.5 Å². The Kier molecular flexibility index (Phi) is 9.02. The van der Waals surface area contributed by atoms with Gasteiger partial charge in [-0.3, -0.25) is 14.9 Å². The molecule has 0 aliphatic heterocycles. The zero-order valence-electron chi connectivity index (χ0n) is 13.0. The topological polar surface area (TPSA) is 88.8 Å². The first-order valence-electron chi connectivity index (χ1n) is 7.24. The number of nitro groups is 1. The lowest BCUT2D eigenvalue weighted by atomic mass is 10.1. The second-order valence-electron chi connectivity index (χ2n) is 5.03. The summed E-state index contributed by atoms with van der Waals surface area (Å²) < 4.78 is 0. The minimum absolute atomic E-state index is 0. The number of rotatable bonds is 8. The van der Waals surface area contributed by atoms with Gasteiger partial charge in [-0.2, -0.15) is 0 Å². The molecule has 0 fully saturated rings. The number of benzene rings is 2. The van der Waals surface area contributed by atoms with Gasteiger partial charge in [-0.15, -0.1) is 0 Å². The van der Waals surface area contributed by atoms with Crippen LogP contribution >= 0.6 is 23.2 Å². The SMILES string of the molecule is O=C(CNCC[NH2+]c1c(Cl)cccc1Cl)c1ccc([N+](=O)[O-])cc1.[Br-]. The Labute approximate surface area is 165 Å². The van der Waals surface area contributed by atoms with E-state index in [0.29, 0.717) is 28.7 Å². The maximum absolute atomic E-state index is 12.0. The molecule has 0 spiro atoms. The van der Waals surface area contributed by atoms with Crippen molar-refractivity contribution in [3.8, 4) is 0 Å². The zero-order valence-corrected chi connectivity index (χ0v) is 16.1. The van der Waals surface area contributed by atoms with Crippen molar-refractivity contribution >= 4 is 40.4 Å². The number of nitrogens with zero attached hydrogens (tertiary/aromatic N) is 1. The molecule has 0 bridgehead atoms. The molecule has 2 rings (SSSR count). The predicted octanol–water partition coefficient (Wildman–Crippen LogP) is -0.427. The van der Waals surface area contributed by atoms with E-state index in [0.717, 1.165) is 5.69 Å². The highest BCUT2D eigenvalue weighted by molar-refractivity contribution is 6.38. The standard InChI is InChI=1S/C16H15Cl2N3O3.BrH/c17-13-2-1-3-14(18)16(13)20-9-8-19-10-15(22)11-4-6-12(7-5-11)21(23)24;/h1-7,19-20H,8-10H2;1H. The van der Waals surface area contributed by atoms with E-state index in [-0.39, 0.29) is 35.0 Å². The van der Waals surface area contributed by atoms with Crippen LogP contribution in [0.25, 0.3) is 0 Å². The lowest BCUT2D eigenvalue weighted by Crippen LogP contribution is -3.00. The molecule has 2 aromatic carbocycles. The highest BCUT2D eigenvalue weighted by atomic mass is 79.9. The monoisotopic (exact) mass is 447 g/mol. The fraction of sp³-hybridized carbons (Fsp3) is 0.188. The molecular formula is C16H16BrCl2N3O3. The summed E-state index contributed by atoms with van der Waals surface area (Å²) >= 11 is 12.1. The second kappa shape index (κ2) is 10.5. The zero-order chi connectivity index (χ0) is 17.5. The van der Waals surface area contributed by atoms with Gasteiger partial charge in [0, 0.05) is 24.2 Å². The molecule has 0 saturated heterocycles. The van der Waals surface area contributed by atoms with Crippen LogP contribution in [-0.4, -0.2) is 30.3 Å². The summed E-state index contributed by atoms with van der Waals surface area (Å²) in [6, 6.07) is 10.9. The maximum atomic E-state index is 12.0. The highest BCUT2D eigenvalue weighted by Gasteiger charge is 2.10. The van der Waals surface area contributed by atoms with E-state index < -0.39 is 4.92 Å². The van der Waals surface area contributed by atoms with Crippen molar-refractivity contribution in [2.75, 3.05) is 19.6 Å². The van der Waals surface area contributed by atoms with Gasteiger partial charge in [0.05, 0.1) is 18.0 Å². The van der Waals surface area contributed by atoms with Crippen molar-refractivity contribution in [2.45, 2.75) is 0 Å². The third kappa shape index (κ3) is 6.37. The quantitative estimate of drug-likeness (QED) is 0.188. The van der Waals surface area contributed by atoms with Crippen LogP contribution in [0.3, 0.4) is 0 Å². The Morgan fingerprint density at radius 1 is 1.12 bits per heavy atom. The van der Waals surface area contributed by atoms with Gasteiger partial charge >= 0.3 is 0 Å². The first-order valence-corrected chi connectivity index (χ1v) is 8.00. The number of quaternary nitrogens is 1. The largest absolute Gasteiger partial charge is 1.00 e. The van der Waals surface area contributed by atoms with Crippen LogP contribution in [0.4, 0.5) is 11.4 Å². The van der Waals surface area contributed by atoms with Gasteiger partial charge in [0.1, 0.15) is 10.0 Å². The molecule has 25 heavy (non-hydrogen) atoms. The number of hydrogen-bond donors (Lipinski definition) is 2. The number of nitrogens with one attached hydrogen (secondary N) is 1. The summed E-state index contributed by atoms with van der Waals surface area (Å²) in [5.41, 5.74) is 1.18. The molecule has 0 heterocycles. The average molecular weight is 449 g/mol. The fourth-order valence-electron chi connectivity index (χ4n) is 2.10. The Balaban J connectivity index is 0.00000312. The summed E-state index contributed by atoms with van der Waals surface area (Å²) in [5, 5.41) is 16.7. The van der Waals surface area contributed by atoms with Crippen LogP contribution in [0.1, 0.15) is 10.4 Å². The molecule has 0 radical (unpaired) electrons. The number of carbonyl (C=O) groups excluding carboxylic acids is 1. The number of hydrogen-bond acceptors (Lipinski definition) is 4.